The van der Waals surface area contributed by atoms with Gasteiger partial charge in [0.1, 0.15) is 22.0 Å². The topological polar surface area (TPSA) is 136 Å². The maximum atomic E-state index is 12.8. The van der Waals surface area contributed by atoms with Gasteiger partial charge in [-0.1, -0.05) is 15.9 Å². The SMILES string of the molecule is N#CC1(c2cc(CS(=O)(=O)c3cc(Br)ccc3O)c(O)c(C(=O)O)c2)CCC1. The number of sulfone groups is 1. The van der Waals surface area contributed by atoms with Gasteiger partial charge in [0.15, 0.2) is 9.84 Å². The summed E-state index contributed by atoms with van der Waals surface area (Å²) in [5.41, 5.74) is -1.09. The van der Waals surface area contributed by atoms with E-state index in [2.05, 4.69) is 22.0 Å². The second-order valence-corrected chi connectivity index (χ2v) is 9.63. The molecule has 0 atom stereocenters. The predicted molar refractivity (Wildman–Crippen MR) is 103 cm³/mol. The van der Waals surface area contributed by atoms with Crippen LogP contribution in [0.5, 0.6) is 11.5 Å². The van der Waals surface area contributed by atoms with Crippen LogP contribution in [-0.4, -0.2) is 29.7 Å². The molecule has 146 valence electrons. The Hall–Kier alpha value is -2.57. The molecule has 0 unspecified atom stereocenters. The minimum absolute atomic E-state index is 0.129. The van der Waals surface area contributed by atoms with Crippen molar-refractivity contribution < 1.29 is 28.5 Å². The van der Waals surface area contributed by atoms with Crippen LogP contribution >= 0.6 is 15.9 Å². The van der Waals surface area contributed by atoms with Gasteiger partial charge in [0.2, 0.25) is 0 Å². The summed E-state index contributed by atoms with van der Waals surface area (Å²) in [6, 6.07) is 8.71. The monoisotopic (exact) mass is 465 g/mol. The van der Waals surface area contributed by atoms with Crippen LogP contribution in [0.2, 0.25) is 0 Å². The van der Waals surface area contributed by atoms with Gasteiger partial charge in [-0.3, -0.25) is 0 Å². The van der Waals surface area contributed by atoms with E-state index in [9.17, 15) is 33.8 Å². The summed E-state index contributed by atoms with van der Waals surface area (Å²) in [4.78, 5) is 11.2. The summed E-state index contributed by atoms with van der Waals surface area (Å²) in [5, 5.41) is 39.2. The summed E-state index contributed by atoms with van der Waals surface area (Å²) in [6.45, 7) is 0. The minimum atomic E-state index is -4.10. The number of phenols is 2. The standard InChI is InChI=1S/C19H16BrNO6S/c20-13-2-3-15(22)16(8-13)28(26,27)9-11-6-12(19(10-21)4-1-5-19)7-14(17(11)23)18(24)25/h2-3,6-8,22-23H,1,4-5,9H2,(H,24,25). The number of nitrogens with zero attached hydrogens (tertiary/aromatic N) is 1. The first-order valence-electron chi connectivity index (χ1n) is 8.32. The average molecular weight is 466 g/mol. The van der Waals surface area contributed by atoms with Crippen molar-refractivity contribution in [3.63, 3.8) is 0 Å². The molecule has 0 heterocycles. The molecule has 7 nitrogen and oxygen atoms in total. The van der Waals surface area contributed by atoms with E-state index in [1.807, 2.05) is 0 Å². The van der Waals surface area contributed by atoms with Crippen molar-refractivity contribution in [2.75, 3.05) is 0 Å². The molecule has 0 saturated heterocycles. The Kier molecular flexibility index (Phi) is 5.12. The lowest BCUT2D eigenvalue weighted by Crippen LogP contribution is -2.32. The fourth-order valence-electron chi connectivity index (χ4n) is 3.26. The fourth-order valence-corrected chi connectivity index (χ4v) is 5.25. The van der Waals surface area contributed by atoms with Crippen molar-refractivity contribution in [2.45, 2.75) is 35.3 Å². The Bertz CT molecular complexity index is 1120. The molecule has 0 spiro atoms. The number of carboxylic acid groups (broad SMARTS) is 1. The number of nitriles is 1. The summed E-state index contributed by atoms with van der Waals surface area (Å²) >= 11 is 3.14. The van der Waals surface area contributed by atoms with E-state index in [0.29, 0.717) is 22.9 Å². The molecule has 9 heteroatoms. The van der Waals surface area contributed by atoms with E-state index >= 15 is 0 Å². The lowest BCUT2D eigenvalue weighted by atomic mass is 9.65. The molecular weight excluding hydrogens is 450 g/mol. The number of carboxylic acids is 1. The van der Waals surface area contributed by atoms with Crippen LogP contribution in [0.15, 0.2) is 39.7 Å². The number of hydrogen-bond acceptors (Lipinski definition) is 6. The Morgan fingerprint density at radius 3 is 2.43 bits per heavy atom. The summed E-state index contributed by atoms with van der Waals surface area (Å²) in [6.07, 6.45) is 1.87. The van der Waals surface area contributed by atoms with Crippen LogP contribution in [0.25, 0.3) is 0 Å². The van der Waals surface area contributed by atoms with Crippen LogP contribution in [-0.2, 0) is 21.0 Å². The predicted octanol–water partition coefficient (Wildman–Crippen LogP) is 3.48. The minimum Gasteiger partial charge on any atom is -0.507 e. The Balaban J connectivity index is 2.13. The number of halogens is 1. The smallest absolute Gasteiger partial charge is 0.339 e. The van der Waals surface area contributed by atoms with E-state index in [1.165, 1.54) is 30.3 Å². The summed E-state index contributed by atoms with van der Waals surface area (Å²) < 4.78 is 26.1. The molecule has 0 bridgehead atoms. The number of benzene rings is 2. The van der Waals surface area contributed by atoms with Gasteiger partial charge in [-0.25, -0.2) is 13.2 Å². The molecule has 0 aromatic heterocycles. The van der Waals surface area contributed by atoms with Crippen LogP contribution in [0, 0.1) is 11.3 Å². The first-order valence-corrected chi connectivity index (χ1v) is 10.8. The zero-order valence-electron chi connectivity index (χ0n) is 14.5. The Morgan fingerprint density at radius 2 is 1.89 bits per heavy atom. The zero-order chi connectivity index (χ0) is 20.7. The first kappa shape index (κ1) is 20.2. The molecule has 2 aromatic carbocycles. The second kappa shape index (κ2) is 7.11. The number of aromatic hydroxyl groups is 2. The van der Waals surface area contributed by atoms with Crippen LogP contribution in [0.4, 0.5) is 0 Å². The number of rotatable bonds is 5. The molecule has 28 heavy (non-hydrogen) atoms. The van der Waals surface area contributed by atoms with Crippen molar-refractivity contribution in [3.05, 3.63) is 51.5 Å². The molecule has 1 aliphatic rings. The second-order valence-electron chi connectivity index (χ2n) is 6.76. The first-order chi connectivity index (χ1) is 13.1. The normalized spacial score (nSPS) is 15.4. The number of aromatic carboxylic acids is 1. The highest BCUT2D eigenvalue weighted by molar-refractivity contribution is 9.10. The van der Waals surface area contributed by atoms with Crippen molar-refractivity contribution in [1.29, 1.82) is 5.26 Å². The quantitative estimate of drug-likeness (QED) is 0.614. The molecule has 1 aliphatic carbocycles. The maximum absolute atomic E-state index is 12.8. The summed E-state index contributed by atoms with van der Waals surface area (Å²) in [5.74, 6) is -3.26. The molecule has 0 amide bonds. The van der Waals surface area contributed by atoms with E-state index in [-0.39, 0.29) is 10.5 Å². The van der Waals surface area contributed by atoms with Gasteiger partial charge in [-0.2, -0.15) is 5.26 Å². The zero-order valence-corrected chi connectivity index (χ0v) is 16.9. The van der Waals surface area contributed by atoms with E-state index in [1.54, 1.807) is 0 Å². The third-order valence-electron chi connectivity index (χ3n) is 5.00. The van der Waals surface area contributed by atoms with Gasteiger partial charge in [-0.05, 0) is 55.2 Å². The Morgan fingerprint density at radius 1 is 1.21 bits per heavy atom. The third kappa shape index (κ3) is 3.45. The van der Waals surface area contributed by atoms with E-state index < -0.39 is 44.0 Å². The van der Waals surface area contributed by atoms with Crippen LogP contribution < -0.4 is 0 Å². The van der Waals surface area contributed by atoms with Gasteiger partial charge in [0.25, 0.3) is 0 Å². The van der Waals surface area contributed by atoms with Gasteiger partial charge in [0, 0.05) is 10.0 Å². The van der Waals surface area contributed by atoms with Gasteiger partial charge in [0.05, 0.1) is 17.2 Å². The molecule has 3 N–H and O–H groups in total. The van der Waals surface area contributed by atoms with Gasteiger partial charge >= 0.3 is 5.97 Å². The molecule has 0 aliphatic heterocycles. The van der Waals surface area contributed by atoms with Crippen molar-refractivity contribution >= 4 is 31.7 Å². The Labute approximate surface area is 169 Å². The van der Waals surface area contributed by atoms with Crippen molar-refractivity contribution in [2.24, 2.45) is 0 Å². The molecular formula is C19H16BrNO6S. The molecule has 1 saturated carbocycles. The van der Waals surface area contributed by atoms with Gasteiger partial charge in [-0.15, -0.1) is 0 Å². The molecule has 1 fully saturated rings. The number of carbonyl (C=O) groups is 1. The van der Waals surface area contributed by atoms with Crippen LogP contribution in [0.1, 0.15) is 40.7 Å². The largest absolute Gasteiger partial charge is 0.507 e. The molecule has 2 aromatic rings. The molecule has 3 rings (SSSR count). The highest BCUT2D eigenvalue weighted by Crippen LogP contribution is 2.45. The maximum Gasteiger partial charge on any atom is 0.339 e. The average Bonchev–Trinajstić information content (AvgIpc) is 2.58. The van der Waals surface area contributed by atoms with E-state index in [0.717, 1.165) is 6.42 Å². The highest BCUT2D eigenvalue weighted by Gasteiger charge is 2.40. The van der Waals surface area contributed by atoms with E-state index in [4.69, 9.17) is 0 Å². The lowest BCUT2D eigenvalue weighted by Gasteiger charge is -2.36. The molecule has 0 radical (unpaired) electrons. The summed E-state index contributed by atoms with van der Waals surface area (Å²) in [7, 11) is -4.10. The van der Waals surface area contributed by atoms with Gasteiger partial charge < -0.3 is 15.3 Å². The fraction of sp³-hybridized carbons (Fsp3) is 0.263. The van der Waals surface area contributed by atoms with Crippen molar-refractivity contribution in [1.82, 2.24) is 0 Å². The third-order valence-corrected chi connectivity index (χ3v) is 7.18. The highest BCUT2D eigenvalue weighted by atomic mass is 79.9. The lowest BCUT2D eigenvalue weighted by molar-refractivity contribution is 0.0693. The van der Waals surface area contributed by atoms with Crippen LogP contribution in [0.3, 0.4) is 0 Å². The number of hydrogen-bond donors (Lipinski definition) is 3. The number of phenolic OH excluding ortho intramolecular Hbond substituents is 1. The van der Waals surface area contributed by atoms with Crippen molar-refractivity contribution in [3.8, 4) is 17.6 Å².